The van der Waals surface area contributed by atoms with Crippen molar-refractivity contribution in [3.05, 3.63) is 35.9 Å². The van der Waals surface area contributed by atoms with Gasteiger partial charge in [-0.3, -0.25) is 9.52 Å². The number of nitrogens with zero attached hydrogens (tertiary/aromatic N) is 2. The number of benzene rings is 1. The second-order valence-corrected chi connectivity index (χ2v) is 4.53. The highest BCUT2D eigenvalue weighted by molar-refractivity contribution is 8.09. The lowest BCUT2D eigenvalue weighted by Crippen LogP contribution is -2.29. The molecule has 16 heavy (non-hydrogen) atoms. The van der Waals surface area contributed by atoms with Crippen molar-refractivity contribution in [1.82, 2.24) is 0 Å². The van der Waals surface area contributed by atoms with E-state index in [2.05, 4.69) is 9.51 Å². The molecule has 0 aliphatic heterocycles. The number of hydrogen-bond acceptors (Lipinski definition) is 3. The van der Waals surface area contributed by atoms with Gasteiger partial charge in [-0.25, -0.2) is 0 Å². The van der Waals surface area contributed by atoms with Crippen molar-refractivity contribution in [3.63, 3.8) is 0 Å². The molecule has 0 aromatic heterocycles. The first-order valence-electron chi connectivity index (χ1n) is 4.28. The van der Waals surface area contributed by atoms with Gasteiger partial charge in [0.1, 0.15) is 0 Å². The number of carbonyl (C=O) groups excluding carboxylic acids is 1. The van der Waals surface area contributed by atoms with E-state index in [1.54, 1.807) is 18.2 Å². The number of para-hydroxylation sites is 1. The minimum Gasteiger partial charge on any atom is -0.360 e. The number of rotatable bonds is 3. The van der Waals surface area contributed by atoms with Crippen molar-refractivity contribution < 1.29 is 18.0 Å². The van der Waals surface area contributed by atoms with Gasteiger partial charge in [-0.05, 0) is 12.1 Å². The lowest BCUT2D eigenvalue weighted by Gasteiger charge is -2.02. The molecule has 1 aromatic rings. The number of hydrogen-bond donors (Lipinski definition) is 1. The van der Waals surface area contributed by atoms with E-state index in [0.717, 1.165) is 6.92 Å². The highest BCUT2D eigenvalue weighted by Crippen LogP contribution is 2.08. The summed E-state index contributed by atoms with van der Waals surface area (Å²) in [6.07, 6.45) is 0. The molecule has 0 bridgehead atoms. The molecule has 0 spiro atoms. The lowest BCUT2D eigenvalue weighted by atomic mass is 10.3. The van der Waals surface area contributed by atoms with Gasteiger partial charge in [0, 0.05) is 12.6 Å². The van der Waals surface area contributed by atoms with Crippen LogP contribution in [0.5, 0.6) is 0 Å². The third-order valence-corrected chi connectivity index (χ3v) is 3.06. The SMILES string of the molecule is CC(=O)C(=[N+]=[N-])S(=O)(=O)Nc1ccccc1. The van der Waals surface area contributed by atoms with Gasteiger partial charge in [0.05, 0.1) is 0 Å². The van der Waals surface area contributed by atoms with Gasteiger partial charge in [0.2, 0.25) is 0 Å². The van der Waals surface area contributed by atoms with Crippen molar-refractivity contribution in [2.24, 2.45) is 0 Å². The van der Waals surface area contributed by atoms with Crippen LogP contribution in [0.2, 0.25) is 0 Å². The average Bonchev–Trinajstić information content (AvgIpc) is 2.18. The molecule has 0 heterocycles. The topological polar surface area (TPSA) is 99.6 Å². The van der Waals surface area contributed by atoms with Crippen LogP contribution in [-0.2, 0) is 14.8 Å². The van der Waals surface area contributed by atoms with Gasteiger partial charge in [0.15, 0.2) is 0 Å². The molecule has 0 atom stereocenters. The van der Waals surface area contributed by atoms with Crippen molar-refractivity contribution in [1.29, 1.82) is 0 Å². The highest BCUT2D eigenvalue weighted by Gasteiger charge is 2.32. The first kappa shape index (κ1) is 12.1. The zero-order chi connectivity index (χ0) is 12.2. The predicted molar refractivity (Wildman–Crippen MR) is 58.3 cm³/mol. The first-order chi connectivity index (χ1) is 7.47. The molecule has 0 amide bonds. The average molecular weight is 239 g/mol. The largest absolute Gasteiger partial charge is 0.466 e. The maximum Gasteiger partial charge on any atom is 0.466 e. The molecule has 1 rings (SSSR count). The maximum absolute atomic E-state index is 11.5. The molecule has 1 N–H and O–H groups in total. The summed E-state index contributed by atoms with van der Waals surface area (Å²) in [6, 6.07) is 7.98. The number of ketones is 1. The van der Waals surface area contributed by atoms with Gasteiger partial charge in [0.25, 0.3) is 5.78 Å². The number of nitrogens with one attached hydrogen (secondary N) is 1. The molecule has 0 aliphatic rings. The molecule has 7 heteroatoms. The minimum atomic E-state index is -4.12. The molecule has 0 fully saturated rings. The van der Waals surface area contributed by atoms with Gasteiger partial charge in [-0.1, -0.05) is 18.2 Å². The Hall–Kier alpha value is -1.98. The fourth-order valence-electron chi connectivity index (χ4n) is 1.02. The Morgan fingerprint density at radius 2 is 1.88 bits per heavy atom. The lowest BCUT2D eigenvalue weighted by molar-refractivity contribution is -0.114. The zero-order valence-corrected chi connectivity index (χ0v) is 9.23. The Balaban J connectivity index is 3.06. The van der Waals surface area contributed by atoms with Crippen molar-refractivity contribution in [2.45, 2.75) is 6.92 Å². The van der Waals surface area contributed by atoms with Crippen LogP contribution >= 0.6 is 0 Å². The minimum absolute atomic E-state index is 0.282. The summed E-state index contributed by atoms with van der Waals surface area (Å²) >= 11 is 0. The fourth-order valence-corrected chi connectivity index (χ4v) is 2.05. The molecule has 0 saturated heterocycles. The Kier molecular flexibility index (Phi) is 3.55. The van der Waals surface area contributed by atoms with E-state index in [0.29, 0.717) is 0 Å². The highest BCUT2D eigenvalue weighted by atomic mass is 32.2. The first-order valence-corrected chi connectivity index (χ1v) is 5.76. The van der Waals surface area contributed by atoms with E-state index in [9.17, 15) is 13.2 Å². The normalized spacial score (nSPS) is 10.3. The molecule has 0 radical (unpaired) electrons. The molecule has 6 nitrogen and oxygen atoms in total. The van der Waals surface area contributed by atoms with Gasteiger partial charge in [-0.15, -0.1) is 4.79 Å². The third-order valence-electron chi connectivity index (χ3n) is 1.67. The summed E-state index contributed by atoms with van der Waals surface area (Å²) in [5.74, 6) is -0.842. The van der Waals surface area contributed by atoms with E-state index in [-0.39, 0.29) is 5.69 Å². The summed E-state index contributed by atoms with van der Waals surface area (Å²) in [4.78, 5) is 13.4. The van der Waals surface area contributed by atoms with E-state index >= 15 is 0 Å². The summed E-state index contributed by atoms with van der Waals surface area (Å²) in [5, 5.41) is -0.920. The molecule has 0 aliphatic carbocycles. The summed E-state index contributed by atoms with van der Waals surface area (Å²) < 4.78 is 25.2. The fraction of sp³-hybridized carbons (Fsp3) is 0.111. The molecule has 84 valence electrons. The predicted octanol–water partition coefficient (Wildman–Crippen LogP) is 0.646. The quantitative estimate of drug-likeness (QED) is 0.362. The Morgan fingerprint density at radius 1 is 1.31 bits per heavy atom. The number of anilines is 1. The molecular weight excluding hydrogens is 230 g/mol. The van der Waals surface area contributed by atoms with Gasteiger partial charge in [-0.2, -0.15) is 8.42 Å². The Labute approximate surface area is 92.6 Å². The van der Waals surface area contributed by atoms with Crippen molar-refractivity contribution >= 4 is 26.5 Å². The number of Topliss-reactive ketones (excluding diaryl/α,β-unsaturated/α-hetero) is 1. The Bertz CT molecular complexity index is 545. The second-order valence-electron chi connectivity index (χ2n) is 2.93. The zero-order valence-electron chi connectivity index (χ0n) is 8.41. The van der Waals surface area contributed by atoms with Crippen LogP contribution in [0.3, 0.4) is 0 Å². The monoisotopic (exact) mass is 239 g/mol. The van der Waals surface area contributed by atoms with Crippen LogP contribution in [0.25, 0.3) is 5.53 Å². The third kappa shape index (κ3) is 2.75. The van der Waals surface area contributed by atoms with Crippen molar-refractivity contribution in [3.8, 4) is 0 Å². The van der Waals surface area contributed by atoms with Crippen LogP contribution in [-0.4, -0.2) is 24.0 Å². The van der Waals surface area contributed by atoms with Crippen molar-refractivity contribution in [2.75, 3.05) is 4.72 Å². The van der Waals surface area contributed by atoms with Gasteiger partial charge >= 0.3 is 15.1 Å². The summed E-state index contributed by atoms with van der Waals surface area (Å²) in [5.41, 5.74) is 8.74. The van der Waals surface area contributed by atoms with Crippen LogP contribution < -0.4 is 4.72 Å². The summed E-state index contributed by atoms with van der Waals surface area (Å²) in [6.45, 7) is 0.999. The standard InChI is InChI=1S/C9H9N3O3S/c1-7(13)9(11-10)16(14,15)12-8-5-3-2-4-6-8/h2-6,12H,1H3. The van der Waals surface area contributed by atoms with Crippen LogP contribution in [0.4, 0.5) is 5.69 Å². The van der Waals surface area contributed by atoms with Crippen LogP contribution in [0.15, 0.2) is 30.3 Å². The van der Waals surface area contributed by atoms with E-state index in [1.807, 2.05) is 0 Å². The second kappa shape index (κ2) is 4.69. The maximum atomic E-state index is 11.5. The van der Waals surface area contributed by atoms with Crippen LogP contribution in [0.1, 0.15) is 6.92 Å². The molecule has 0 unspecified atom stereocenters. The number of carbonyl (C=O) groups is 1. The van der Waals surface area contributed by atoms with E-state index < -0.39 is 20.9 Å². The van der Waals surface area contributed by atoms with Crippen LogP contribution in [0, 0.1) is 0 Å². The Morgan fingerprint density at radius 3 is 2.31 bits per heavy atom. The molecule has 0 saturated carbocycles. The van der Waals surface area contributed by atoms with E-state index in [1.165, 1.54) is 12.1 Å². The van der Waals surface area contributed by atoms with Gasteiger partial charge < -0.3 is 5.53 Å². The summed E-state index contributed by atoms with van der Waals surface area (Å²) in [7, 11) is -4.12. The molecule has 1 aromatic carbocycles. The number of sulfonamides is 1. The van der Waals surface area contributed by atoms with E-state index in [4.69, 9.17) is 5.53 Å². The molecular formula is C9H9N3O3S. The smallest absolute Gasteiger partial charge is 0.360 e.